The maximum atomic E-state index is 11.9. The van der Waals surface area contributed by atoms with Crippen LogP contribution in [0.25, 0.3) is 0 Å². The Morgan fingerprint density at radius 3 is 2.65 bits per heavy atom. The van der Waals surface area contributed by atoms with Gasteiger partial charge >= 0.3 is 5.69 Å². The molecule has 0 aromatic heterocycles. The zero-order valence-electron chi connectivity index (χ0n) is 12.0. The van der Waals surface area contributed by atoms with Crippen LogP contribution in [0.4, 0.5) is 11.4 Å². The number of ether oxygens (including phenoxy) is 1. The molecule has 0 fully saturated rings. The van der Waals surface area contributed by atoms with Gasteiger partial charge < -0.3 is 10.1 Å². The molecule has 23 heavy (non-hydrogen) atoms. The minimum atomic E-state index is -0.629. The Kier molecular flexibility index (Phi) is 5.41. The number of benzene rings is 2. The predicted octanol–water partition coefficient (Wildman–Crippen LogP) is 4.23. The molecule has 0 atom stereocenters. The van der Waals surface area contributed by atoms with Gasteiger partial charge in [-0.1, -0.05) is 29.3 Å². The largest absolute Gasteiger partial charge is 0.477 e. The number of carbonyl (C=O) groups is 1. The Balaban J connectivity index is 2.03. The number of nitrogens with zero attached hydrogens (tertiary/aromatic N) is 1. The van der Waals surface area contributed by atoms with E-state index >= 15 is 0 Å². The van der Waals surface area contributed by atoms with Crippen molar-refractivity contribution in [2.75, 3.05) is 11.9 Å². The van der Waals surface area contributed by atoms with E-state index in [-0.39, 0.29) is 16.5 Å². The van der Waals surface area contributed by atoms with Gasteiger partial charge in [-0.25, -0.2) is 0 Å². The highest BCUT2D eigenvalue weighted by molar-refractivity contribution is 6.33. The lowest BCUT2D eigenvalue weighted by molar-refractivity contribution is -0.385. The van der Waals surface area contributed by atoms with E-state index in [4.69, 9.17) is 27.9 Å². The minimum Gasteiger partial charge on any atom is -0.477 e. The van der Waals surface area contributed by atoms with Gasteiger partial charge in [-0.15, -0.1) is 0 Å². The number of nitro benzene ring substituents is 1. The van der Waals surface area contributed by atoms with Gasteiger partial charge in [-0.2, -0.15) is 0 Å². The van der Waals surface area contributed by atoms with Crippen LogP contribution in [0, 0.1) is 17.0 Å². The molecule has 0 spiro atoms. The van der Waals surface area contributed by atoms with E-state index in [1.54, 1.807) is 18.2 Å². The molecule has 8 heteroatoms. The van der Waals surface area contributed by atoms with Crippen molar-refractivity contribution in [3.8, 4) is 5.75 Å². The van der Waals surface area contributed by atoms with Crippen molar-refractivity contribution in [2.45, 2.75) is 6.92 Å². The summed E-state index contributed by atoms with van der Waals surface area (Å²) < 4.78 is 5.20. The normalized spacial score (nSPS) is 10.2. The fourth-order valence-electron chi connectivity index (χ4n) is 1.81. The van der Waals surface area contributed by atoms with E-state index in [0.717, 1.165) is 11.6 Å². The summed E-state index contributed by atoms with van der Waals surface area (Å²) in [5.41, 5.74) is 1.09. The van der Waals surface area contributed by atoms with E-state index in [0.29, 0.717) is 10.7 Å². The first-order valence-electron chi connectivity index (χ1n) is 6.49. The highest BCUT2D eigenvalue weighted by atomic mass is 35.5. The van der Waals surface area contributed by atoms with Crippen LogP contribution in [-0.2, 0) is 4.79 Å². The standard InChI is InChI=1S/C15H12Cl2N2O4/c1-9-2-4-12(11(17)6-9)18-15(20)8-23-14-5-3-10(16)7-13(14)19(21)22/h2-7H,8H2,1H3,(H,18,20). The maximum absolute atomic E-state index is 11.9. The van der Waals surface area contributed by atoms with Gasteiger partial charge in [-0.3, -0.25) is 14.9 Å². The van der Waals surface area contributed by atoms with Crippen LogP contribution in [0.5, 0.6) is 5.75 Å². The second kappa shape index (κ2) is 7.30. The molecule has 0 aliphatic rings. The number of nitro groups is 1. The fourth-order valence-corrected chi connectivity index (χ4v) is 2.26. The quantitative estimate of drug-likeness (QED) is 0.643. The molecule has 0 heterocycles. The number of halogens is 2. The Morgan fingerprint density at radius 2 is 2.00 bits per heavy atom. The maximum Gasteiger partial charge on any atom is 0.312 e. The summed E-state index contributed by atoms with van der Waals surface area (Å²) in [6.45, 7) is 1.48. The highest BCUT2D eigenvalue weighted by Gasteiger charge is 2.17. The van der Waals surface area contributed by atoms with Crippen LogP contribution < -0.4 is 10.1 Å². The first kappa shape index (κ1) is 17.1. The van der Waals surface area contributed by atoms with Gasteiger partial charge in [0.2, 0.25) is 0 Å². The molecule has 1 N–H and O–H groups in total. The fraction of sp³-hybridized carbons (Fsp3) is 0.133. The number of anilines is 1. The van der Waals surface area contributed by atoms with Crippen LogP contribution in [0.2, 0.25) is 10.0 Å². The molecule has 120 valence electrons. The monoisotopic (exact) mass is 354 g/mol. The average Bonchev–Trinajstić information content (AvgIpc) is 2.48. The van der Waals surface area contributed by atoms with E-state index in [1.807, 2.05) is 6.92 Å². The van der Waals surface area contributed by atoms with Crippen molar-refractivity contribution < 1.29 is 14.5 Å². The highest BCUT2D eigenvalue weighted by Crippen LogP contribution is 2.30. The van der Waals surface area contributed by atoms with E-state index in [9.17, 15) is 14.9 Å². The van der Waals surface area contributed by atoms with Crippen molar-refractivity contribution in [1.82, 2.24) is 0 Å². The molecule has 1 amide bonds. The minimum absolute atomic E-state index is 0.0375. The van der Waals surface area contributed by atoms with Crippen molar-refractivity contribution in [3.63, 3.8) is 0 Å². The third kappa shape index (κ3) is 4.58. The molecular formula is C15H12Cl2N2O4. The van der Waals surface area contributed by atoms with Gasteiger partial charge in [0, 0.05) is 11.1 Å². The van der Waals surface area contributed by atoms with E-state index < -0.39 is 17.4 Å². The number of hydrogen-bond donors (Lipinski definition) is 1. The molecule has 0 bridgehead atoms. The van der Waals surface area contributed by atoms with Gasteiger partial charge in [-0.05, 0) is 36.8 Å². The van der Waals surface area contributed by atoms with E-state index in [2.05, 4.69) is 5.32 Å². The summed E-state index contributed by atoms with van der Waals surface area (Å²) in [6.07, 6.45) is 0. The van der Waals surface area contributed by atoms with Crippen LogP contribution in [0.3, 0.4) is 0 Å². The van der Waals surface area contributed by atoms with Crippen molar-refractivity contribution in [3.05, 3.63) is 62.1 Å². The third-order valence-corrected chi connectivity index (χ3v) is 3.42. The number of amides is 1. The van der Waals surface area contributed by atoms with Gasteiger partial charge in [0.05, 0.1) is 15.6 Å². The lowest BCUT2D eigenvalue weighted by Gasteiger charge is -2.09. The second-order valence-electron chi connectivity index (χ2n) is 4.69. The summed E-state index contributed by atoms with van der Waals surface area (Å²) in [7, 11) is 0. The van der Waals surface area contributed by atoms with Gasteiger partial charge in [0.25, 0.3) is 5.91 Å². The summed E-state index contributed by atoms with van der Waals surface area (Å²) in [5.74, 6) is -0.524. The topological polar surface area (TPSA) is 81.5 Å². The van der Waals surface area contributed by atoms with Crippen LogP contribution in [0.15, 0.2) is 36.4 Å². The van der Waals surface area contributed by atoms with Crippen molar-refractivity contribution in [2.24, 2.45) is 0 Å². The lowest BCUT2D eigenvalue weighted by atomic mass is 10.2. The Hall–Kier alpha value is -2.31. The summed E-state index contributed by atoms with van der Waals surface area (Å²) in [6, 6.07) is 9.12. The Labute approximate surface area is 142 Å². The van der Waals surface area contributed by atoms with Crippen LogP contribution >= 0.6 is 23.2 Å². The summed E-state index contributed by atoms with van der Waals surface area (Å²) >= 11 is 11.7. The second-order valence-corrected chi connectivity index (χ2v) is 5.53. The number of hydrogen-bond acceptors (Lipinski definition) is 4. The zero-order valence-corrected chi connectivity index (χ0v) is 13.5. The van der Waals surface area contributed by atoms with Crippen LogP contribution in [-0.4, -0.2) is 17.4 Å². The molecule has 2 aromatic carbocycles. The first-order chi connectivity index (χ1) is 10.9. The van der Waals surface area contributed by atoms with Crippen molar-refractivity contribution >= 4 is 40.5 Å². The SMILES string of the molecule is Cc1ccc(NC(=O)COc2ccc(Cl)cc2[N+](=O)[O-])c(Cl)c1. The summed E-state index contributed by atoms with van der Waals surface area (Å²) in [5, 5.41) is 14.1. The predicted molar refractivity (Wildman–Crippen MR) is 88.4 cm³/mol. The molecule has 0 saturated heterocycles. The first-order valence-corrected chi connectivity index (χ1v) is 7.25. The molecule has 0 aliphatic heterocycles. The smallest absolute Gasteiger partial charge is 0.312 e. The molecule has 0 unspecified atom stereocenters. The zero-order chi connectivity index (χ0) is 17.0. The lowest BCUT2D eigenvalue weighted by Crippen LogP contribution is -2.20. The molecule has 0 radical (unpaired) electrons. The molecule has 2 rings (SSSR count). The Bertz CT molecular complexity index is 765. The summed E-state index contributed by atoms with van der Waals surface area (Å²) in [4.78, 5) is 22.2. The van der Waals surface area contributed by atoms with Crippen molar-refractivity contribution in [1.29, 1.82) is 0 Å². The van der Waals surface area contributed by atoms with Gasteiger partial charge in [0.1, 0.15) is 0 Å². The molecular weight excluding hydrogens is 343 g/mol. The molecule has 2 aromatic rings. The average molecular weight is 355 g/mol. The number of nitrogens with one attached hydrogen (secondary N) is 1. The molecule has 6 nitrogen and oxygen atoms in total. The number of aryl methyl sites for hydroxylation is 1. The number of rotatable bonds is 5. The van der Waals surface area contributed by atoms with E-state index in [1.165, 1.54) is 12.1 Å². The third-order valence-electron chi connectivity index (χ3n) is 2.88. The molecule has 0 aliphatic carbocycles. The van der Waals surface area contributed by atoms with Gasteiger partial charge in [0.15, 0.2) is 12.4 Å². The van der Waals surface area contributed by atoms with Crippen LogP contribution in [0.1, 0.15) is 5.56 Å². The Morgan fingerprint density at radius 1 is 1.26 bits per heavy atom. The molecule has 0 saturated carbocycles. The number of carbonyl (C=O) groups excluding carboxylic acids is 1.